The molecule has 2 atom stereocenters. The Morgan fingerprint density at radius 2 is 2.27 bits per heavy atom. The molecule has 0 saturated carbocycles. The van der Waals surface area contributed by atoms with Crippen LogP contribution in [-0.2, 0) is 0 Å². The lowest BCUT2D eigenvalue weighted by molar-refractivity contribution is 0.620. The lowest BCUT2D eigenvalue weighted by atomic mass is 10.2. The molecule has 1 aliphatic rings. The Balaban J connectivity index is 2.46. The molecule has 0 radical (unpaired) electrons. The fourth-order valence-corrected chi connectivity index (χ4v) is 2.88. The first-order chi connectivity index (χ1) is 7.13. The second kappa shape index (κ2) is 3.74. The molecule has 0 fully saturated rings. The topological polar surface area (TPSA) is 27.0 Å². The number of halogens is 1. The van der Waals surface area contributed by atoms with Crippen LogP contribution in [0.1, 0.15) is 6.92 Å². The fraction of sp³-hybridized carbons (Fsp3) is 0.364. The fourth-order valence-electron chi connectivity index (χ4n) is 1.67. The maximum Gasteiger partial charge on any atom is 0.124 e. The van der Waals surface area contributed by atoms with E-state index in [0.717, 1.165) is 10.6 Å². The van der Waals surface area contributed by atoms with E-state index in [1.807, 2.05) is 18.9 Å². The normalized spacial score (nSPS) is 24.5. The van der Waals surface area contributed by atoms with Crippen molar-refractivity contribution in [3.05, 3.63) is 24.0 Å². The number of fused-ring (bicyclic) bond motifs is 1. The average molecular weight is 222 g/mol. The molecule has 15 heavy (non-hydrogen) atoms. The van der Waals surface area contributed by atoms with Gasteiger partial charge in [-0.15, -0.1) is 11.8 Å². The van der Waals surface area contributed by atoms with Gasteiger partial charge in [-0.2, -0.15) is 5.26 Å². The monoisotopic (exact) mass is 222 g/mol. The zero-order valence-electron chi connectivity index (χ0n) is 8.57. The molecular formula is C11H11FN2S. The number of anilines is 1. The van der Waals surface area contributed by atoms with Gasteiger partial charge >= 0.3 is 0 Å². The highest BCUT2D eigenvalue weighted by Crippen LogP contribution is 2.40. The van der Waals surface area contributed by atoms with Gasteiger partial charge in [0, 0.05) is 11.9 Å². The molecule has 0 saturated heterocycles. The lowest BCUT2D eigenvalue weighted by Gasteiger charge is -2.36. The minimum atomic E-state index is -0.249. The maximum absolute atomic E-state index is 13.0. The Morgan fingerprint density at radius 3 is 2.93 bits per heavy atom. The molecule has 0 aliphatic carbocycles. The van der Waals surface area contributed by atoms with Crippen molar-refractivity contribution < 1.29 is 4.39 Å². The van der Waals surface area contributed by atoms with E-state index in [2.05, 4.69) is 6.07 Å². The second-order valence-electron chi connectivity index (χ2n) is 3.63. The summed E-state index contributed by atoms with van der Waals surface area (Å²) < 4.78 is 13.0. The van der Waals surface area contributed by atoms with Gasteiger partial charge in [0.1, 0.15) is 11.1 Å². The average Bonchev–Trinajstić information content (AvgIpc) is 2.23. The number of hydrogen-bond acceptors (Lipinski definition) is 3. The third-order valence-corrected chi connectivity index (χ3v) is 4.07. The Kier molecular flexibility index (Phi) is 2.57. The summed E-state index contributed by atoms with van der Waals surface area (Å²) in [5.74, 6) is -0.249. The van der Waals surface area contributed by atoms with Gasteiger partial charge in [-0.25, -0.2) is 4.39 Å². The van der Waals surface area contributed by atoms with Crippen LogP contribution >= 0.6 is 11.8 Å². The van der Waals surface area contributed by atoms with Gasteiger partial charge in [-0.1, -0.05) is 0 Å². The summed E-state index contributed by atoms with van der Waals surface area (Å²) in [5, 5.41) is 8.85. The summed E-state index contributed by atoms with van der Waals surface area (Å²) in [6.45, 7) is 2.01. The van der Waals surface area contributed by atoms with Gasteiger partial charge in [0.2, 0.25) is 0 Å². The Labute approximate surface area is 92.7 Å². The number of thioether (sulfide) groups is 1. The summed E-state index contributed by atoms with van der Waals surface area (Å²) in [6.07, 6.45) is 0. The number of hydrogen-bond donors (Lipinski definition) is 0. The standard InChI is InChI=1S/C11H11FN2S/c1-7-11(6-13)15-10-5-8(12)3-4-9(10)14(7)2/h3-5,7,11H,1-2H3. The molecule has 0 aromatic heterocycles. The lowest BCUT2D eigenvalue weighted by Crippen LogP contribution is -2.39. The van der Waals surface area contributed by atoms with E-state index in [1.165, 1.54) is 23.9 Å². The summed E-state index contributed by atoms with van der Waals surface area (Å²) in [5.41, 5.74) is 1.00. The molecule has 1 aromatic carbocycles. The van der Waals surface area contributed by atoms with Gasteiger partial charge in [0.15, 0.2) is 0 Å². The van der Waals surface area contributed by atoms with Crippen LogP contribution < -0.4 is 4.90 Å². The summed E-state index contributed by atoms with van der Waals surface area (Å²) in [4.78, 5) is 2.88. The summed E-state index contributed by atoms with van der Waals surface area (Å²) in [6, 6.07) is 7.11. The Hall–Kier alpha value is -1.21. The molecule has 0 bridgehead atoms. The van der Waals surface area contributed by atoms with Crippen molar-refractivity contribution in [2.24, 2.45) is 0 Å². The number of nitrogens with zero attached hydrogens (tertiary/aromatic N) is 2. The number of benzene rings is 1. The van der Waals surface area contributed by atoms with Crippen molar-refractivity contribution >= 4 is 17.4 Å². The predicted octanol–water partition coefficient (Wildman–Crippen LogP) is 2.65. The van der Waals surface area contributed by atoms with Crippen molar-refractivity contribution in [3.8, 4) is 6.07 Å². The first-order valence-electron chi connectivity index (χ1n) is 4.72. The molecule has 2 rings (SSSR count). The van der Waals surface area contributed by atoms with Crippen LogP contribution in [0.5, 0.6) is 0 Å². The molecule has 0 spiro atoms. The Morgan fingerprint density at radius 1 is 1.53 bits per heavy atom. The van der Waals surface area contributed by atoms with Crippen LogP contribution in [0.2, 0.25) is 0 Å². The van der Waals surface area contributed by atoms with Crippen LogP contribution in [0.15, 0.2) is 23.1 Å². The molecule has 1 aromatic rings. The third-order valence-electron chi connectivity index (χ3n) is 2.73. The van der Waals surface area contributed by atoms with Crippen LogP contribution in [0, 0.1) is 17.1 Å². The molecule has 0 amide bonds. The van der Waals surface area contributed by atoms with Gasteiger partial charge < -0.3 is 4.90 Å². The largest absolute Gasteiger partial charge is 0.369 e. The number of rotatable bonds is 0. The van der Waals surface area contributed by atoms with Crippen molar-refractivity contribution in [1.29, 1.82) is 5.26 Å². The van der Waals surface area contributed by atoms with Crippen molar-refractivity contribution in [3.63, 3.8) is 0 Å². The van der Waals surface area contributed by atoms with Crippen LogP contribution in [-0.4, -0.2) is 18.3 Å². The molecule has 1 aliphatic heterocycles. The third kappa shape index (κ3) is 1.68. The quantitative estimate of drug-likeness (QED) is 0.675. The Bertz CT molecular complexity index is 427. The predicted molar refractivity (Wildman–Crippen MR) is 59.5 cm³/mol. The molecule has 78 valence electrons. The van der Waals surface area contributed by atoms with E-state index in [9.17, 15) is 4.39 Å². The van der Waals surface area contributed by atoms with Gasteiger partial charge in [0.25, 0.3) is 0 Å². The highest BCUT2D eigenvalue weighted by atomic mass is 32.2. The minimum absolute atomic E-state index is 0.135. The van der Waals surface area contributed by atoms with Gasteiger partial charge in [-0.05, 0) is 25.1 Å². The van der Waals surface area contributed by atoms with E-state index in [1.54, 1.807) is 6.07 Å². The summed E-state index contributed by atoms with van der Waals surface area (Å²) in [7, 11) is 1.94. The van der Waals surface area contributed by atoms with E-state index in [4.69, 9.17) is 5.26 Å². The zero-order chi connectivity index (χ0) is 11.0. The van der Waals surface area contributed by atoms with E-state index < -0.39 is 0 Å². The van der Waals surface area contributed by atoms with Gasteiger partial charge in [0.05, 0.1) is 17.8 Å². The molecule has 2 nitrogen and oxygen atoms in total. The highest BCUT2D eigenvalue weighted by molar-refractivity contribution is 8.00. The number of nitriles is 1. The highest BCUT2D eigenvalue weighted by Gasteiger charge is 2.29. The van der Waals surface area contributed by atoms with E-state index in [-0.39, 0.29) is 17.1 Å². The first-order valence-corrected chi connectivity index (χ1v) is 5.60. The molecular weight excluding hydrogens is 211 g/mol. The SMILES string of the molecule is CC1C(C#N)Sc2cc(F)ccc2N1C. The maximum atomic E-state index is 13.0. The second-order valence-corrected chi connectivity index (χ2v) is 4.81. The molecule has 1 heterocycles. The first kappa shape index (κ1) is 10.3. The smallest absolute Gasteiger partial charge is 0.124 e. The minimum Gasteiger partial charge on any atom is -0.369 e. The van der Waals surface area contributed by atoms with Crippen molar-refractivity contribution in [2.75, 3.05) is 11.9 Å². The van der Waals surface area contributed by atoms with Crippen molar-refractivity contribution in [2.45, 2.75) is 23.1 Å². The van der Waals surface area contributed by atoms with Crippen LogP contribution in [0.25, 0.3) is 0 Å². The zero-order valence-corrected chi connectivity index (χ0v) is 9.38. The molecule has 2 unspecified atom stereocenters. The van der Waals surface area contributed by atoms with E-state index >= 15 is 0 Å². The van der Waals surface area contributed by atoms with Crippen LogP contribution in [0.3, 0.4) is 0 Å². The van der Waals surface area contributed by atoms with Crippen molar-refractivity contribution in [1.82, 2.24) is 0 Å². The molecule has 0 N–H and O–H groups in total. The summed E-state index contributed by atoms with van der Waals surface area (Å²) >= 11 is 1.44. The molecule has 4 heteroatoms. The van der Waals surface area contributed by atoms with Crippen LogP contribution in [0.4, 0.5) is 10.1 Å². The van der Waals surface area contributed by atoms with Gasteiger partial charge in [-0.3, -0.25) is 0 Å². The van der Waals surface area contributed by atoms with E-state index in [0.29, 0.717) is 0 Å².